The largest absolute Gasteiger partial charge is 0.480 e. The molecular formula is C15H9F19N2O4S2. The molecule has 0 N–H and O–H groups in total. The molecule has 0 unspecified atom stereocenters. The second-order valence-electron chi connectivity index (χ2n) is 7.33. The zero-order valence-electron chi connectivity index (χ0n) is 18.8. The molecule has 42 heavy (non-hydrogen) atoms. The van der Waals surface area contributed by atoms with Gasteiger partial charge in [-0.05, 0) is 0 Å². The Balaban J connectivity index is 0.000000951. The molecule has 0 amide bonds. The quantitative estimate of drug-likeness (QED) is 0.244. The first kappa shape index (κ1) is 39.7. The van der Waals surface area contributed by atoms with Crippen LogP contribution in [0.25, 0.3) is 4.13 Å². The fourth-order valence-corrected chi connectivity index (χ4v) is 4.21. The lowest BCUT2D eigenvalue weighted by molar-refractivity contribution is -0.702. The maximum Gasteiger partial charge on any atom is 0.480 e. The number of nitrogens with zero attached hydrogens (tertiary/aromatic N) is 2. The van der Waals surface area contributed by atoms with Crippen molar-refractivity contribution in [2.75, 3.05) is 0 Å². The molecule has 1 aromatic rings. The van der Waals surface area contributed by atoms with E-state index in [0.29, 0.717) is 4.57 Å². The van der Waals surface area contributed by atoms with Gasteiger partial charge in [0.15, 0.2) is 32.4 Å². The average Bonchev–Trinajstić information content (AvgIpc) is 2.69. The summed E-state index contributed by atoms with van der Waals surface area (Å²) in [7, 11) is -13.4. The smallest absolute Gasteiger partial charge is 0.421 e. The van der Waals surface area contributed by atoms with E-state index in [1.165, 1.54) is 6.07 Å². The molecule has 0 saturated carbocycles. The summed E-state index contributed by atoms with van der Waals surface area (Å²) in [6.45, 7) is -1.57. The van der Waals surface area contributed by atoms with Crippen LogP contribution < -0.4 is 4.57 Å². The van der Waals surface area contributed by atoms with Crippen LogP contribution in [0, 0.1) is 5.41 Å². The highest BCUT2D eigenvalue weighted by atomic mass is 32.3. The lowest BCUT2D eigenvalue weighted by Gasteiger charge is -2.44. The van der Waals surface area contributed by atoms with Crippen LogP contribution in [-0.2, 0) is 26.6 Å². The molecule has 0 spiro atoms. The molecule has 0 atom stereocenters. The van der Waals surface area contributed by atoms with Gasteiger partial charge in [0.2, 0.25) is 5.41 Å². The van der Waals surface area contributed by atoms with Crippen molar-refractivity contribution in [1.82, 2.24) is 0 Å². The van der Waals surface area contributed by atoms with Crippen LogP contribution in [0.2, 0.25) is 0 Å². The van der Waals surface area contributed by atoms with Gasteiger partial charge in [-0.2, -0.15) is 83.4 Å². The van der Waals surface area contributed by atoms with Gasteiger partial charge in [-0.1, -0.05) is 6.07 Å². The standard InChI is InChI=1S/C13H9F13N.C2F6NO4S2/c14-9(15,10(16,17)13(24,25)26)8(11(18,19)20,12(21,22)23)4-7-27-5-2-1-3-6-27;3-1(4,5)14(10,11)9-15(12,13)2(6,7)8/h1-3,5-6H,4,7H2;/q+1;-1. The van der Waals surface area contributed by atoms with E-state index in [2.05, 4.69) is 0 Å². The number of halogens is 19. The second-order valence-corrected chi connectivity index (χ2v) is 10.7. The van der Waals surface area contributed by atoms with Crippen molar-refractivity contribution in [1.29, 1.82) is 0 Å². The second kappa shape index (κ2) is 11.6. The monoisotopic (exact) mass is 706 g/mol. The van der Waals surface area contributed by atoms with Crippen LogP contribution in [0.15, 0.2) is 30.6 Å². The Morgan fingerprint density at radius 1 is 0.500 bits per heavy atom. The Morgan fingerprint density at radius 2 is 0.833 bits per heavy atom. The van der Waals surface area contributed by atoms with E-state index in [-0.39, 0.29) is 0 Å². The van der Waals surface area contributed by atoms with Gasteiger partial charge in [-0.25, -0.2) is 21.4 Å². The molecule has 0 aliphatic rings. The van der Waals surface area contributed by atoms with Gasteiger partial charge in [0.1, 0.15) is 6.54 Å². The highest BCUT2D eigenvalue weighted by Gasteiger charge is 2.92. The van der Waals surface area contributed by atoms with E-state index in [9.17, 15) is 100 Å². The van der Waals surface area contributed by atoms with Crippen LogP contribution in [0.3, 0.4) is 0 Å². The minimum atomic E-state index is -7.60. The zero-order valence-corrected chi connectivity index (χ0v) is 20.5. The maximum absolute atomic E-state index is 13.8. The van der Waals surface area contributed by atoms with Gasteiger partial charge in [-0.3, -0.25) is 0 Å². The number of rotatable bonds is 7. The van der Waals surface area contributed by atoms with Crippen molar-refractivity contribution < 1.29 is 105 Å². The topological polar surface area (TPSA) is 86.3 Å². The molecule has 0 saturated heterocycles. The molecule has 248 valence electrons. The van der Waals surface area contributed by atoms with Crippen molar-refractivity contribution in [3.63, 3.8) is 0 Å². The molecule has 0 bridgehead atoms. The summed E-state index contributed by atoms with van der Waals surface area (Å²) < 4.78 is 279. The predicted molar refractivity (Wildman–Crippen MR) is 95.1 cm³/mol. The minimum Gasteiger partial charge on any atom is -0.421 e. The van der Waals surface area contributed by atoms with Gasteiger partial charge in [0.05, 0.1) is 0 Å². The normalized spacial score (nSPS) is 15.2. The Hall–Kier alpha value is -2.32. The highest BCUT2D eigenvalue weighted by Crippen LogP contribution is 2.66. The third-order valence-corrected chi connectivity index (χ3v) is 7.30. The first-order chi connectivity index (χ1) is 18.0. The Bertz CT molecular complexity index is 1210. The molecule has 27 heteroatoms. The summed E-state index contributed by atoms with van der Waals surface area (Å²) >= 11 is 0. The maximum atomic E-state index is 13.8. The number of pyridine rings is 1. The molecule has 6 nitrogen and oxygen atoms in total. The van der Waals surface area contributed by atoms with Gasteiger partial charge >= 0.3 is 41.4 Å². The summed E-state index contributed by atoms with van der Waals surface area (Å²) in [6.07, 6.45) is -22.9. The third kappa shape index (κ3) is 7.79. The number of aromatic nitrogens is 1. The average molecular weight is 706 g/mol. The van der Waals surface area contributed by atoms with Crippen molar-refractivity contribution >= 4 is 20.0 Å². The predicted octanol–water partition coefficient (Wildman–Crippen LogP) is 6.37. The summed E-state index contributed by atoms with van der Waals surface area (Å²) in [4.78, 5) is 0. The van der Waals surface area contributed by atoms with Crippen molar-refractivity contribution in [3.8, 4) is 0 Å². The Kier molecular flexibility index (Phi) is 11.0. The van der Waals surface area contributed by atoms with Gasteiger partial charge in [-0.15, -0.1) is 0 Å². The zero-order chi connectivity index (χ0) is 34.2. The number of aryl methyl sites for hydroxylation is 1. The highest BCUT2D eigenvalue weighted by molar-refractivity contribution is 8.13. The molecule has 0 aromatic carbocycles. The van der Waals surface area contributed by atoms with E-state index >= 15 is 0 Å². The van der Waals surface area contributed by atoms with E-state index in [0.717, 1.165) is 28.7 Å². The number of alkyl halides is 19. The lowest BCUT2D eigenvalue weighted by Crippen LogP contribution is -2.70. The number of hydrogen-bond donors (Lipinski definition) is 0. The summed E-state index contributed by atoms with van der Waals surface area (Å²) in [5, 5.41) is 0. The molecule has 1 heterocycles. The molecule has 1 aromatic heterocycles. The Morgan fingerprint density at radius 3 is 1.10 bits per heavy atom. The summed E-state index contributed by atoms with van der Waals surface area (Å²) in [5.41, 5.74) is -19.1. The number of sulfonamides is 2. The summed E-state index contributed by atoms with van der Waals surface area (Å²) in [5.74, 6) is -15.2. The number of hydrogen-bond acceptors (Lipinski definition) is 4. The first-order valence-corrected chi connectivity index (χ1v) is 12.2. The SMILES string of the molecule is FC(F)(F)C(F)(F)C(F)(F)C(CC[n+]1ccccc1)(C(F)(F)F)C(F)(F)F.O=S(=O)([N-]S(=O)(=O)C(F)(F)F)C(F)(F)F. The van der Waals surface area contributed by atoms with Crippen molar-refractivity contribution in [3.05, 3.63) is 34.7 Å². The van der Waals surface area contributed by atoms with E-state index in [4.69, 9.17) is 0 Å². The van der Waals surface area contributed by atoms with Crippen LogP contribution in [0.5, 0.6) is 0 Å². The van der Waals surface area contributed by atoms with Crippen molar-refractivity contribution in [2.45, 2.75) is 54.4 Å². The van der Waals surface area contributed by atoms with E-state index in [1.807, 2.05) is 0 Å². The lowest BCUT2D eigenvalue weighted by atomic mass is 9.73. The third-order valence-electron chi connectivity index (χ3n) is 4.56. The molecule has 0 aliphatic heterocycles. The van der Waals surface area contributed by atoms with Crippen LogP contribution in [0.4, 0.5) is 83.4 Å². The van der Waals surface area contributed by atoms with Gasteiger partial charge in [0.25, 0.3) is 0 Å². The molecule has 1 rings (SSSR count). The van der Waals surface area contributed by atoms with E-state index < -0.39 is 79.8 Å². The molecule has 0 aliphatic carbocycles. The minimum absolute atomic E-state index is 0.494. The summed E-state index contributed by atoms with van der Waals surface area (Å²) in [6, 6.07) is 3.36. The molecule has 0 radical (unpaired) electrons. The van der Waals surface area contributed by atoms with E-state index in [1.54, 1.807) is 0 Å². The van der Waals surface area contributed by atoms with Crippen LogP contribution in [0.1, 0.15) is 6.42 Å². The fraction of sp³-hybridized carbons (Fsp3) is 0.667. The van der Waals surface area contributed by atoms with Gasteiger partial charge in [0, 0.05) is 18.6 Å². The Labute approximate surface area is 220 Å². The van der Waals surface area contributed by atoms with Gasteiger partial charge < -0.3 is 4.13 Å². The van der Waals surface area contributed by atoms with Crippen LogP contribution in [-0.4, -0.2) is 58.2 Å². The first-order valence-electron chi connectivity index (χ1n) is 9.30. The van der Waals surface area contributed by atoms with Crippen molar-refractivity contribution in [2.24, 2.45) is 5.41 Å². The fourth-order valence-electron chi connectivity index (χ4n) is 2.50. The molecule has 0 fully saturated rings. The van der Waals surface area contributed by atoms with Crippen LogP contribution >= 0.6 is 0 Å². The molecular weight excluding hydrogens is 697 g/mol.